The number of carbonyl (C=O) groups excluding carboxylic acids is 1. The zero-order chi connectivity index (χ0) is 17.5. The summed E-state index contributed by atoms with van der Waals surface area (Å²) < 4.78 is 5.70. The predicted octanol–water partition coefficient (Wildman–Crippen LogP) is 4.68. The summed E-state index contributed by atoms with van der Waals surface area (Å²) in [5.74, 6) is 0.573. The molecule has 3 rings (SSSR count). The minimum absolute atomic E-state index is 0.205. The number of benzene rings is 2. The van der Waals surface area contributed by atoms with Crippen molar-refractivity contribution in [2.45, 2.75) is 13.3 Å². The molecule has 1 amide bonds. The van der Waals surface area contributed by atoms with E-state index in [4.69, 9.17) is 4.74 Å². The molecule has 0 atom stereocenters. The van der Waals surface area contributed by atoms with Crippen LogP contribution in [0.2, 0.25) is 0 Å². The summed E-state index contributed by atoms with van der Waals surface area (Å²) in [6.07, 6.45) is 5.93. The van der Waals surface area contributed by atoms with E-state index in [2.05, 4.69) is 17.2 Å². The highest BCUT2D eigenvalue weighted by Crippen LogP contribution is 2.22. The van der Waals surface area contributed by atoms with Crippen molar-refractivity contribution in [3.63, 3.8) is 0 Å². The lowest BCUT2D eigenvalue weighted by Crippen LogP contribution is -2.08. The predicted molar refractivity (Wildman–Crippen MR) is 102 cm³/mol. The third-order valence-corrected chi connectivity index (χ3v) is 3.69. The number of hydrogen-bond donors (Lipinski definition) is 1. The summed E-state index contributed by atoms with van der Waals surface area (Å²) in [6.45, 7) is 2.71. The normalized spacial score (nSPS) is 10.9. The average molecular weight is 332 g/mol. The topological polar surface area (TPSA) is 51.2 Å². The van der Waals surface area contributed by atoms with Gasteiger partial charge in [-0.3, -0.25) is 9.78 Å². The zero-order valence-corrected chi connectivity index (χ0v) is 14.1. The molecule has 0 fully saturated rings. The minimum Gasteiger partial charge on any atom is -0.493 e. The molecule has 0 spiro atoms. The van der Waals surface area contributed by atoms with Gasteiger partial charge in [0.2, 0.25) is 5.91 Å². The van der Waals surface area contributed by atoms with Gasteiger partial charge in [0.15, 0.2) is 0 Å². The monoisotopic (exact) mass is 332 g/mol. The Morgan fingerprint density at radius 3 is 2.84 bits per heavy atom. The summed E-state index contributed by atoms with van der Waals surface area (Å²) >= 11 is 0. The highest BCUT2D eigenvalue weighted by molar-refractivity contribution is 6.06. The maximum Gasteiger partial charge on any atom is 0.248 e. The molecule has 2 aromatic carbocycles. The number of hydrogen-bond acceptors (Lipinski definition) is 3. The van der Waals surface area contributed by atoms with Crippen molar-refractivity contribution in [1.82, 2.24) is 4.98 Å². The Balaban J connectivity index is 1.75. The molecule has 3 aromatic rings. The first-order valence-electron chi connectivity index (χ1n) is 8.32. The molecular formula is C21H20N2O2. The van der Waals surface area contributed by atoms with E-state index in [0.717, 1.165) is 28.6 Å². The van der Waals surface area contributed by atoms with Gasteiger partial charge in [-0.05, 0) is 30.7 Å². The van der Waals surface area contributed by atoms with Crippen molar-refractivity contribution < 1.29 is 9.53 Å². The molecule has 0 aliphatic heterocycles. The maximum atomic E-state index is 12.3. The number of nitrogens with one attached hydrogen (secondary N) is 1. The van der Waals surface area contributed by atoms with Gasteiger partial charge in [0.1, 0.15) is 5.75 Å². The fourth-order valence-corrected chi connectivity index (χ4v) is 2.51. The molecule has 0 saturated carbocycles. The number of carbonyl (C=O) groups is 1. The first-order valence-corrected chi connectivity index (χ1v) is 8.32. The Morgan fingerprint density at radius 1 is 1.12 bits per heavy atom. The molecule has 0 aliphatic rings. The van der Waals surface area contributed by atoms with E-state index in [9.17, 15) is 4.79 Å². The molecule has 25 heavy (non-hydrogen) atoms. The molecule has 0 radical (unpaired) electrons. The quantitative estimate of drug-likeness (QED) is 0.667. The van der Waals surface area contributed by atoms with Crippen LogP contribution in [-0.4, -0.2) is 17.5 Å². The van der Waals surface area contributed by atoms with Crippen LogP contribution < -0.4 is 10.1 Å². The molecule has 1 aromatic heterocycles. The highest BCUT2D eigenvalue weighted by atomic mass is 16.5. The van der Waals surface area contributed by atoms with Crippen LogP contribution in [0.4, 0.5) is 5.69 Å². The number of anilines is 1. The molecule has 126 valence electrons. The summed E-state index contributed by atoms with van der Waals surface area (Å²) in [7, 11) is 0. The zero-order valence-electron chi connectivity index (χ0n) is 14.1. The van der Waals surface area contributed by atoms with Gasteiger partial charge in [0.25, 0.3) is 0 Å². The van der Waals surface area contributed by atoms with Crippen LogP contribution in [0.1, 0.15) is 18.9 Å². The smallest absolute Gasteiger partial charge is 0.248 e. The molecular weight excluding hydrogens is 312 g/mol. The number of rotatable bonds is 6. The van der Waals surface area contributed by atoms with E-state index in [-0.39, 0.29) is 5.91 Å². The van der Waals surface area contributed by atoms with E-state index in [1.807, 2.05) is 54.6 Å². The SMILES string of the molecule is CCCOc1ccccc1/C=C/C(=O)Nc1cccc2cccnc12. The van der Waals surface area contributed by atoms with Crippen LogP contribution in [0.25, 0.3) is 17.0 Å². The molecule has 0 aliphatic carbocycles. The van der Waals surface area contributed by atoms with Gasteiger partial charge in [-0.1, -0.05) is 43.3 Å². The Morgan fingerprint density at radius 2 is 1.96 bits per heavy atom. The largest absolute Gasteiger partial charge is 0.493 e. The van der Waals surface area contributed by atoms with E-state index in [0.29, 0.717) is 12.3 Å². The number of aromatic nitrogens is 1. The lowest BCUT2D eigenvalue weighted by atomic mass is 10.1. The first kappa shape index (κ1) is 16.7. The molecule has 1 heterocycles. The standard InChI is InChI=1S/C21H20N2O2/c1-2-15-25-19-11-4-3-7-16(19)12-13-20(24)23-18-10-5-8-17-9-6-14-22-21(17)18/h3-14H,2,15H2,1H3,(H,23,24)/b13-12+. The summed E-state index contributed by atoms with van der Waals surface area (Å²) in [5, 5.41) is 3.88. The summed E-state index contributed by atoms with van der Waals surface area (Å²) in [6, 6.07) is 17.2. The Hall–Kier alpha value is -3.14. The van der Waals surface area contributed by atoms with Crippen molar-refractivity contribution in [3.05, 3.63) is 72.4 Å². The third-order valence-electron chi connectivity index (χ3n) is 3.69. The summed E-state index contributed by atoms with van der Waals surface area (Å²) in [5.41, 5.74) is 2.35. The van der Waals surface area contributed by atoms with Crippen LogP contribution in [0.5, 0.6) is 5.75 Å². The van der Waals surface area contributed by atoms with Gasteiger partial charge in [0, 0.05) is 23.2 Å². The molecule has 0 saturated heterocycles. The van der Waals surface area contributed by atoms with Crippen LogP contribution in [0, 0.1) is 0 Å². The molecule has 4 heteroatoms. The van der Waals surface area contributed by atoms with E-state index in [1.54, 1.807) is 12.3 Å². The third kappa shape index (κ3) is 4.23. The minimum atomic E-state index is -0.205. The van der Waals surface area contributed by atoms with E-state index in [1.165, 1.54) is 6.08 Å². The van der Waals surface area contributed by atoms with Crippen LogP contribution in [-0.2, 0) is 4.79 Å². The highest BCUT2D eigenvalue weighted by Gasteiger charge is 2.05. The van der Waals surface area contributed by atoms with Gasteiger partial charge < -0.3 is 10.1 Å². The van der Waals surface area contributed by atoms with Gasteiger partial charge >= 0.3 is 0 Å². The lowest BCUT2D eigenvalue weighted by Gasteiger charge is -2.08. The maximum absolute atomic E-state index is 12.3. The van der Waals surface area contributed by atoms with Gasteiger partial charge in [-0.2, -0.15) is 0 Å². The molecule has 1 N–H and O–H groups in total. The fourth-order valence-electron chi connectivity index (χ4n) is 2.51. The van der Waals surface area contributed by atoms with Crippen LogP contribution in [0.3, 0.4) is 0 Å². The molecule has 0 unspecified atom stereocenters. The number of para-hydroxylation sites is 2. The first-order chi connectivity index (χ1) is 12.3. The number of amides is 1. The second-order valence-electron chi connectivity index (χ2n) is 5.59. The van der Waals surface area contributed by atoms with E-state index >= 15 is 0 Å². The second kappa shape index (κ2) is 8.11. The molecule has 0 bridgehead atoms. The number of nitrogens with zero attached hydrogens (tertiary/aromatic N) is 1. The van der Waals surface area contributed by atoms with E-state index < -0.39 is 0 Å². The van der Waals surface area contributed by atoms with Crippen LogP contribution >= 0.6 is 0 Å². The van der Waals surface area contributed by atoms with Crippen LogP contribution in [0.15, 0.2) is 66.9 Å². The average Bonchev–Trinajstić information content (AvgIpc) is 2.65. The lowest BCUT2D eigenvalue weighted by molar-refractivity contribution is -0.111. The Kier molecular flexibility index (Phi) is 5.42. The van der Waals surface area contributed by atoms with Crippen molar-refractivity contribution in [3.8, 4) is 5.75 Å². The van der Waals surface area contributed by atoms with Gasteiger partial charge in [-0.15, -0.1) is 0 Å². The number of ether oxygens (including phenoxy) is 1. The second-order valence-corrected chi connectivity index (χ2v) is 5.59. The van der Waals surface area contributed by atoms with Crippen molar-refractivity contribution >= 4 is 28.6 Å². The number of fused-ring (bicyclic) bond motifs is 1. The van der Waals surface area contributed by atoms with Crippen molar-refractivity contribution in [2.24, 2.45) is 0 Å². The Labute approximate surface area is 147 Å². The molecule has 4 nitrogen and oxygen atoms in total. The van der Waals surface area contributed by atoms with Gasteiger partial charge in [-0.25, -0.2) is 0 Å². The number of pyridine rings is 1. The summed E-state index contributed by atoms with van der Waals surface area (Å²) in [4.78, 5) is 16.6. The van der Waals surface area contributed by atoms with Crippen molar-refractivity contribution in [1.29, 1.82) is 0 Å². The van der Waals surface area contributed by atoms with Gasteiger partial charge in [0.05, 0.1) is 17.8 Å². The van der Waals surface area contributed by atoms with Crippen molar-refractivity contribution in [2.75, 3.05) is 11.9 Å². The Bertz CT molecular complexity index is 898. The fraction of sp³-hybridized carbons (Fsp3) is 0.143.